The van der Waals surface area contributed by atoms with E-state index in [9.17, 15) is 0 Å². The molecule has 0 saturated carbocycles. The van der Waals surface area contributed by atoms with Gasteiger partial charge in [-0.2, -0.15) is 29.8 Å². The van der Waals surface area contributed by atoms with Crippen LogP contribution in [0.2, 0.25) is 0 Å². The van der Waals surface area contributed by atoms with E-state index in [0.717, 1.165) is 11.3 Å². The van der Waals surface area contributed by atoms with Crippen LogP contribution in [0.3, 0.4) is 0 Å². The first-order valence-electron chi connectivity index (χ1n) is 2.53. The van der Waals surface area contributed by atoms with Gasteiger partial charge in [-0.05, 0) is 0 Å². The topological polar surface area (TPSA) is 26.0 Å². The van der Waals surface area contributed by atoms with Crippen molar-refractivity contribution in [2.24, 2.45) is 0 Å². The van der Waals surface area contributed by atoms with E-state index >= 15 is 0 Å². The van der Waals surface area contributed by atoms with Crippen molar-refractivity contribution in [3.8, 4) is 0 Å². The van der Waals surface area contributed by atoms with Crippen molar-refractivity contribution in [2.75, 3.05) is 5.73 Å². The quantitative estimate of drug-likeness (QED) is 0.491. The minimum atomic E-state index is 0. The van der Waals surface area contributed by atoms with Gasteiger partial charge in [0.25, 0.3) is 0 Å². The minimum absolute atomic E-state index is 0. The maximum Gasteiger partial charge on any atom is 3.00 e. The molecule has 0 heterocycles. The molecule has 0 bridgehead atoms. The van der Waals surface area contributed by atoms with Crippen LogP contribution < -0.4 is 5.73 Å². The monoisotopic (exact) mass is 195 g/mol. The Bertz CT molecular complexity index is 148. The van der Waals surface area contributed by atoms with Crippen molar-refractivity contribution in [3.63, 3.8) is 0 Å². The smallest absolute Gasteiger partial charge is 0.449 e. The van der Waals surface area contributed by atoms with Crippen molar-refractivity contribution >= 4 is 5.69 Å². The molecule has 2 heteroatoms. The second kappa shape index (κ2) is 4.02. The van der Waals surface area contributed by atoms with Gasteiger partial charge in [0, 0.05) is 0 Å². The van der Waals surface area contributed by atoms with Gasteiger partial charge in [-0.1, -0.05) is 12.6 Å². The van der Waals surface area contributed by atoms with Gasteiger partial charge in [0.15, 0.2) is 0 Å². The molecule has 0 aliphatic carbocycles. The zero-order chi connectivity index (χ0) is 5.98. The summed E-state index contributed by atoms with van der Waals surface area (Å²) >= 11 is 0. The first-order chi connectivity index (χ1) is 3.79. The molecular weight excluding hydrogens is 187 g/mol. The third-order valence-electron chi connectivity index (χ3n) is 0.992. The summed E-state index contributed by atoms with van der Waals surface area (Å²) in [5.74, 6) is 0. The third kappa shape index (κ3) is 2.97. The number of nitrogen functional groups attached to an aromatic ring is 1. The van der Waals surface area contributed by atoms with Crippen molar-refractivity contribution in [1.82, 2.24) is 0 Å². The van der Waals surface area contributed by atoms with Gasteiger partial charge in [-0.3, -0.25) is 0 Å². The fourth-order valence-electron chi connectivity index (χ4n) is 0.515. The molecule has 0 saturated heterocycles. The summed E-state index contributed by atoms with van der Waals surface area (Å²) in [6, 6.07) is 8.55. The summed E-state index contributed by atoms with van der Waals surface area (Å²) in [6.45, 7) is 1.99. The van der Waals surface area contributed by atoms with E-state index in [4.69, 9.17) is 5.73 Å². The average molecular weight is 195 g/mol. The van der Waals surface area contributed by atoms with Crippen molar-refractivity contribution in [3.05, 3.63) is 29.8 Å². The SMILES string of the molecule is Cc1[c-]cc(N)cc1.[Y+3]. The van der Waals surface area contributed by atoms with E-state index < -0.39 is 0 Å². The molecule has 9 heavy (non-hydrogen) atoms. The summed E-state index contributed by atoms with van der Waals surface area (Å²) in [5.41, 5.74) is 7.29. The number of rotatable bonds is 0. The Kier molecular flexibility index (Phi) is 4.08. The summed E-state index contributed by atoms with van der Waals surface area (Å²) in [5, 5.41) is 0. The van der Waals surface area contributed by atoms with Crippen LogP contribution in [-0.4, -0.2) is 0 Å². The van der Waals surface area contributed by atoms with Gasteiger partial charge in [0.1, 0.15) is 0 Å². The van der Waals surface area contributed by atoms with Gasteiger partial charge in [0.05, 0.1) is 0 Å². The Morgan fingerprint density at radius 1 is 1.44 bits per heavy atom. The van der Waals surface area contributed by atoms with Crippen molar-refractivity contribution < 1.29 is 32.7 Å². The van der Waals surface area contributed by atoms with E-state index in [-0.39, 0.29) is 32.7 Å². The Morgan fingerprint density at radius 2 is 2.11 bits per heavy atom. The maximum absolute atomic E-state index is 5.40. The molecule has 1 aromatic carbocycles. The fraction of sp³-hybridized carbons (Fsp3) is 0.143. The second-order valence-electron chi connectivity index (χ2n) is 1.81. The summed E-state index contributed by atoms with van der Waals surface area (Å²) in [6.07, 6.45) is 0. The molecule has 0 aromatic heterocycles. The first kappa shape index (κ1) is 9.12. The van der Waals surface area contributed by atoms with Gasteiger partial charge >= 0.3 is 32.7 Å². The van der Waals surface area contributed by atoms with E-state index in [1.54, 1.807) is 6.07 Å². The van der Waals surface area contributed by atoms with Crippen LogP contribution in [-0.2, 0) is 32.7 Å². The van der Waals surface area contributed by atoms with Gasteiger partial charge < -0.3 is 5.73 Å². The molecule has 0 radical (unpaired) electrons. The van der Waals surface area contributed by atoms with Crippen LogP contribution in [0.15, 0.2) is 18.2 Å². The van der Waals surface area contributed by atoms with E-state index in [0.29, 0.717) is 0 Å². The Labute approximate surface area is 80.5 Å². The standard InChI is InChI=1S/C7H8N.Y/c1-6-2-4-7(8)5-3-6;/h2,4-5H,8H2,1H3;/q-1;+3. The first-order valence-corrected chi connectivity index (χ1v) is 2.53. The number of benzene rings is 1. The molecule has 1 rings (SSSR count). The summed E-state index contributed by atoms with van der Waals surface area (Å²) < 4.78 is 0. The number of anilines is 1. The van der Waals surface area contributed by atoms with Crippen LogP contribution >= 0.6 is 0 Å². The van der Waals surface area contributed by atoms with Crippen LogP contribution in [0.5, 0.6) is 0 Å². The average Bonchev–Trinajstić information content (AvgIpc) is 1.77. The number of hydrogen-bond donors (Lipinski definition) is 1. The van der Waals surface area contributed by atoms with Crippen LogP contribution in [0, 0.1) is 13.0 Å². The Balaban J connectivity index is 0.000000640. The molecule has 0 aliphatic heterocycles. The predicted octanol–water partition coefficient (Wildman–Crippen LogP) is 1.37. The molecule has 0 aliphatic rings. The predicted molar refractivity (Wildman–Crippen MR) is 34.4 cm³/mol. The van der Waals surface area contributed by atoms with E-state index in [1.807, 2.05) is 19.1 Å². The number of aryl methyl sites for hydroxylation is 1. The normalized spacial score (nSPS) is 8.11. The fourth-order valence-corrected chi connectivity index (χ4v) is 0.515. The third-order valence-corrected chi connectivity index (χ3v) is 0.992. The number of hydrogen-bond acceptors (Lipinski definition) is 1. The second-order valence-corrected chi connectivity index (χ2v) is 1.81. The molecule has 42 valence electrons. The zero-order valence-electron chi connectivity index (χ0n) is 5.39. The molecule has 0 unspecified atom stereocenters. The van der Waals surface area contributed by atoms with E-state index in [2.05, 4.69) is 6.07 Å². The van der Waals surface area contributed by atoms with Gasteiger partial charge in [-0.15, -0.1) is 0 Å². The molecule has 0 fully saturated rings. The molecule has 0 atom stereocenters. The Morgan fingerprint density at radius 3 is 2.44 bits per heavy atom. The van der Waals surface area contributed by atoms with E-state index in [1.165, 1.54) is 0 Å². The minimum Gasteiger partial charge on any atom is -0.449 e. The molecular formula is C7H8NY+2. The zero-order valence-corrected chi connectivity index (χ0v) is 8.23. The van der Waals surface area contributed by atoms with Crippen LogP contribution in [0.1, 0.15) is 5.56 Å². The largest absolute Gasteiger partial charge is 3.00 e. The van der Waals surface area contributed by atoms with Gasteiger partial charge in [-0.25, -0.2) is 0 Å². The molecule has 0 amide bonds. The molecule has 2 N–H and O–H groups in total. The van der Waals surface area contributed by atoms with Crippen LogP contribution in [0.4, 0.5) is 5.69 Å². The summed E-state index contributed by atoms with van der Waals surface area (Å²) in [7, 11) is 0. The molecule has 0 spiro atoms. The van der Waals surface area contributed by atoms with Crippen molar-refractivity contribution in [2.45, 2.75) is 6.92 Å². The van der Waals surface area contributed by atoms with Crippen molar-refractivity contribution in [1.29, 1.82) is 0 Å². The summed E-state index contributed by atoms with van der Waals surface area (Å²) in [4.78, 5) is 0. The molecule has 1 nitrogen and oxygen atoms in total. The van der Waals surface area contributed by atoms with Gasteiger partial charge in [0.2, 0.25) is 0 Å². The maximum atomic E-state index is 5.40. The Hall–Kier alpha value is 0.124. The number of nitrogens with two attached hydrogens (primary N) is 1. The molecule has 1 aromatic rings. The van der Waals surface area contributed by atoms with Crippen LogP contribution in [0.25, 0.3) is 0 Å².